The first kappa shape index (κ1) is 14.1. The second kappa shape index (κ2) is 6.19. The van der Waals surface area contributed by atoms with Gasteiger partial charge in [-0.1, -0.05) is 6.92 Å². The number of aryl methyl sites for hydroxylation is 2. The van der Waals surface area contributed by atoms with Crippen LogP contribution in [0.1, 0.15) is 41.5 Å². The Balaban J connectivity index is 1.75. The monoisotopic (exact) mass is 281 g/mol. The van der Waals surface area contributed by atoms with E-state index in [1.807, 2.05) is 0 Å². The van der Waals surface area contributed by atoms with E-state index in [0.717, 1.165) is 6.42 Å². The topological polar surface area (TPSA) is 66.4 Å². The van der Waals surface area contributed by atoms with Crippen molar-refractivity contribution in [3.63, 3.8) is 0 Å². The zero-order chi connectivity index (χ0) is 13.8. The number of nitrogens with one attached hydrogen (secondary N) is 1. The quantitative estimate of drug-likeness (QED) is 0.841. The molecule has 1 aliphatic rings. The highest BCUT2D eigenvalue weighted by Gasteiger charge is 2.16. The fourth-order valence-electron chi connectivity index (χ4n) is 2.42. The van der Waals surface area contributed by atoms with Gasteiger partial charge in [-0.2, -0.15) is 0 Å². The molecule has 4 nitrogen and oxygen atoms in total. The number of carbonyl (C=O) groups is 2. The SMILES string of the molecule is CC(CC(=O)O)CC(=O)NCc1cc2c(s1)CCC2. The summed E-state index contributed by atoms with van der Waals surface area (Å²) in [5.74, 6) is -1.04. The molecular formula is C14H19NO3S. The van der Waals surface area contributed by atoms with E-state index in [9.17, 15) is 9.59 Å². The van der Waals surface area contributed by atoms with Gasteiger partial charge < -0.3 is 10.4 Å². The molecule has 0 spiro atoms. The summed E-state index contributed by atoms with van der Waals surface area (Å²) >= 11 is 1.78. The molecule has 0 aromatic carbocycles. The van der Waals surface area contributed by atoms with E-state index in [-0.39, 0.29) is 24.7 Å². The molecule has 1 aromatic heterocycles. The highest BCUT2D eigenvalue weighted by atomic mass is 32.1. The summed E-state index contributed by atoms with van der Waals surface area (Å²) in [5, 5.41) is 11.5. The summed E-state index contributed by atoms with van der Waals surface area (Å²) in [7, 11) is 0. The first-order valence-electron chi connectivity index (χ1n) is 6.63. The van der Waals surface area contributed by atoms with Crippen LogP contribution in [0.5, 0.6) is 0 Å². The Kier molecular flexibility index (Phi) is 4.58. The first-order chi connectivity index (χ1) is 9.04. The molecule has 1 aliphatic carbocycles. The number of carbonyl (C=O) groups excluding carboxylic acids is 1. The minimum absolute atomic E-state index is 0.0424. The van der Waals surface area contributed by atoms with Gasteiger partial charge in [-0.3, -0.25) is 9.59 Å². The van der Waals surface area contributed by atoms with Crippen LogP contribution in [0.3, 0.4) is 0 Å². The van der Waals surface area contributed by atoms with Crippen molar-refractivity contribution in [2.45, 2.75) is 45.6 Å². The van der Waals surface area contributed by atoms with E-state index < -0.39 is 5.97 Å². The van der Waals surface area contributed by atoms with Gasteiger partial charge in [0.1, 0.15) is 0 Å². The highest BCUT2D eigenvalue weighted by molar-refractivity contribution is 7.12. The van der Waals surface area contributed by atoms with Gasteiger partial charge in [-0.25, -0.2) is 0 Å². The van der Waals surface area contributed by atoms with Gasteiger partial charge in [0.25, 0.3) is 0 Å². The van der Waals surface area contributed by atoms with Crippen molar-refractivity contribution in [1.82, 2.24) is 5.32 Å². The minimum Gasteiger partial charge on any atom is -0.481 e. The van der Waals surface area contributed by atoms with Gasteiger partial charge in [-0.05, 0) is 36.8 Å². The standard InChI is InChI=1S/C14H19NO3S/c1-9(6-14(17)18)5-13(16)15-8-11-7-10-3-2-4-12(10)19-11/h7,9H,2-6,8H2,1H3,(H,15,16)(H,17,18). The van der Waals surface area contributed by atoms with Gasteiger partial charge in [0.05, 0.1) is 6.54 Å². The lowest BCUT2D eigenvalue weighted by molar-refractivity contribution is -0.138. The smallest absolute Gasteiger partial charge is 0.303 e. The molecule has 1 unspecified atom stereocenters. The molecule has 0 radical (unpaired) electrons. The Labute approximate surface area is 116 Å². The van der Waals surface area contributed by atoms with E-state index >= 15 is 0 Å². The molecule has 5 heteroatoms. The molecule has 1 heterocycles. The van der Waals surface area contributed by atoms with E-state index in [1.165, 1.54) is 28.2 Å². The second-order valence-electron chi connectivity index (χ2n) is 5.20. The lowest BCUT2D eigenvalue weighted by atomic mass is 10.0. The van der Waals surface area contributed by atoms with Crippen molar-refractivity contribution in [1.29, 1.82) is 0 Å². The third-order valence-corrected chi connectivity index (χ3v) is 4.55. The van der Waals surface area contributed by atoms with Crippen molar-refractivity contribution in [2.75, 3.05) is 0 Å². The number of thiophene rings is 1. The Morgan fingerprint density at radius 3 is 2.89 bits per heavy atom. The van der Waals surface area contributed by atoms with Crippen molar-refractivity contribution in [3.05, 3.63) is 21.4 Å². The fourth-order valence-corrected chi connectivity index (χ4v) is 3.62. The number of carboxylic acids is 1. The van der Waals surface area contributed by atoms with Crippen LogP contribution in [0.15, 0.2) is 6.07 Å². The summed E-state index contributed by atoms with van der Waals surface area (Å²) in [6, 6.07) is 2.19. The Morgan fingerprint density at radius 2 is 2.21 bits per heavy atom. The van der Waals surface area contributed by atoms with Crippen LogP contribution in [-0.4, -0.2) is 17.0 Å². The molecule has 2 rings (SSSR count). The molecule has 0 bridgehead atoms. The number of aliphatic carboxylic acids is 1. The number of amides is 1. The lowest BCUT2D eigenvalue weighted by Gasteiger charge is -2.08. The molecule has 0 aliphatic heterocycles. The second-order valence-corrected chi connectivity index (χ2v) is 6.42. The van der Waals surface area contributed by atoms with Crippen molar-refractivity contribution in [2.24, 2.45) is 5.92 Å². The van der Waals surface area contributed by atoms with Gasteiger partial charge >= 0.3 is 5.97 Å². The third-order valence-electron chi connectivity index (χ3n) is 3.31. The summed E-state index contributed by atoms with van der Waals surface area (Å²) < 4.78 is 0. The van der Waals surface area contributed by atoms with Gasteiger partial charge in [0.15, 0.2) is 0 Å². The van der Waals surface area contributed by atoms with Gasteiger partial charge in [-0.15, -0.1) is 11.3 Å². The molecule has 1 atom stereocenters. The maximum absolute atomic E-state index is 11.7. The summed E-state index contributed by atoms with van der Waals surface area (Å²) in [6.45, 7) is 2.35. The zero-order valence-corrected chi connectivity index (χ0v) is 11.9. The number of carboxylic acid groups (broad SMARTS) is 1. The largest absolute Gasteiger partial charge is 0.481 e. The molecule has 1 aromatic rings. The average Bonchev–Trinajstić information content (AvgIpc) is 2.84. The summed E-state index contributed by atoms with van der Waals surface area (Å²) in [6.07, 6.45) is 3.90. The molecular weight excluding hydrogens is 262 g/mol. The maximum Gasteiger partial charge on any atom is 0.303 e. The molecule has 0 saturated carbocycles. The van der Waals surface area contributed by atoms with Crippen LogP contribution in [0, 0.1) is 5.92 Å². The van der Waals surface area contributed by atoms with Gasteiger partial charge in [0, 0.05) is 22.6 Å². The number of hydrogen-bond donors (Lipinski definition) is 2. The molecule has 104 valence electrons. The lowest BCUT2D eigenvalue weighted by Crippen LogP contribution is -2.24. The van der Waals surface area contributed by atoms with E-state index in [4.69, 9.17) is 5.11 Å². The number of fused-ring (bicyclic) bond motifs is 1. The maximum atomic E-state index is 11.7. The van der Waals surface area contributed by atoms with Crippen LogP contribution in [0.25, 0.3) is 0 Å². The average molecular weight is 281 g/mol. The van der Waals surface area contributed by atoms with Crippen LogP contribution < -0.4 is 5.32 Å². The van der Waals surface area contributed by atoms with E-state index in [1.54, 1.807) is 18.3 Å². The van der Waals surface area contributed by atoms with Crippen molar-refractivity contribution in [3.8, 4) is 0 Å². The fraction of sp³-hybridized carbons (Fsp3) is 0.571. The van der Waals surface area contributed by atoms with Crippen LogP contribution in [-0.2, 0) is 29.0 Å². The van der Waals surface area contributed by atoms with Crippen LogP contribution in [0.4, 0.5) is 0 Å². The van der Waals surface area contributed by atoms with E-state index in [2.05, 4.69) is 11.4 Å². The molecule has 19 heavy (non-hydrogen) atoms. The Bertz CT molecular complexity index is 460. The van der Waals surface area contributed by atoms with Crippen LogP contribution in [0.2, 0.25) is 0 Å². The predicted octanol–water partition coefficient (Wildman–Crippen LogP) is 2.35. The third kappa shape index (κ3) is 4.06. The predicted molar refractivity (Wildman–Crippen MR) is 74.2 cm³/mol. The normalized spacial score (nSPS) is 15.0. The van der Waals surface area contributed by atoms with Crippen molar-refractivity contribution < 1.29 is 14.7 Å². The Morgan fingerprint density at radius 1 is 1.42 bits per heavy atom. The Hall–Kier alpha value is -1.36. The molecule has 1 amide bonds. The minimum atomic E-state index is -0.852. The highest BCUT2D eigenvalue weighted by Crippen LogP contribution is 2.30. The summed E-state index contributed by atoms with van der Waals surface area (Å²) in [4.78, 5) is 24.9. The molecule has 2 N–H and O–H groups in total. The molecule has 0 fully saturated rings. The summed E-state index contributed by atoms with van der Waals surface area (Å²) in [5.41, 5.74) is 1.44. The van der Waals surface area contributed by atoms with Crippen LogP contribution >= 0.6 is 11.3 Å². The van der Waals surface area contributed by atoms with Gasteiger partial charge in [0.2, 0.25) is 5.91 Å². The zero-order valence-electron chi connectivity index (χ0n) is 11.1. The van der Waals surface area contributed by atoms with E-state index in [0.29, 0.717) is 6.54 Å². The molecule has 0 saturated heterocycles. The van der Waals surface area contributed by atoms with Crippen molar-refractivity contribution >= 4 is 23.2 Å². The number of hydrogen-bond acceptors (Lipinski definition) is 3. The first-order valence-corrected chi connectivity index (χ1v) is 7.45. The number of rotatable bonds is 6.